The second kappa shape index (κ2) is 6.33. The highest BCUT2D eigenvalue weighted by molar-refractivity contribution is 5.97. The molecule has 0 unspecified atom stereocenters. The van der Waals surface area contributed by atoms with Crippen molar-refractivity contribution in [2.75, 3.05) is 18.5 Å². The summed E-state index contributed by atoms with van der Waals surface area (Å²) in [6.07, 6.45) is 1.87. The molecule has 2 N–H and O–H groups in total. The topological polar surface area (TPSA) is 67.4 Å². The van der Waals surface area contributed by atoms with E-state index in [0.717, 1.165) is 19.4 Å². The third kappa shape index (κ3) is 3.54. The first-order chi connectivity index (χ1) is 9.20. The first-order valence-electron chi connectivity index (χ1n) is 6.52. The molecule has 19 heavy (non-hydrogen) atoms. The lowest BCUT2D eigenvalue weighted by Crippen LogP contribution is -2.35. The van der Waals surface area contributed by atoms with Gasteiger partial charge in [-0.25, -0.2) is 4.79 Å². The minimum atomic E-state index is -0.377. The van der Waals surface area contributed by atoms with Gasteiger partial charge in [-0.05, 0) is 44.5 Å². The Morgan fingerprint density at radius 3 is 3.00 bits per heavy atom. The second-order valence-corrected chi connectivity index (χ2v) is 4.44. The SMILES string of the molecule is CCOC(=O)c1cccc(NC(=O)[C@@H]2CCCN2)c1. The van der Waals surface area contributed by atoms with Crippen molar-refractivity contribution in [1.82, 2.24) is 5.32 Å². The van der Waals surface area contributed by atoms with Crippen LogP contribution in [0.25, 0.3) is 0 Å². The summed E-state index contributed by atoms with van der Waals surface area (Å²) in [4.78, 5) is 23.5. The van der Waals surface area contributed by atoms with Gasteiger partial charge in [0.2, 0.25) is 5.91 Å². The molecule has 2 rings (SSSR count). The summed E-state index contributed by atoms with van der Waals surface area (Å²) < 4.78 is 4.92. The van der Waals surface area contributed by atoms with E-state index in [0.29, 0.717) is 17.9 Å². The van der Waals surface area contributed by atoms with E-state index in [2.05, 4.69) is 10.6 Å². The second-order valence-electron chi connectivity index (χ2n) is 4.44. The van der Waals surface area contributed by atoms with E-state index in [9.17, 15) is 9.59 Å². The van der Waals surface area contributed by atoms with Crippen LogP contribution in [0.2, 0.25) is 0 Å². The molecule has 1 atom stereocenters. The average Bonchev–Trinajstić information content (AvgIpc) is 2.93. The van der Waals surface area contributed by atoms with E-state index in [1.807, 2.05) is 0 Å². The highest BCUT2D eigenvalue weighted by Crippen LogP contribution is 2.14. The van der Waals surface area contributed by atoms with Crippen molar-refractivity contribution in [2.24, 2.45) is 0 Å². The molecule has 0 spiro atoms. The molecule has 0 radical (unpaired) electrons. The van der Waals surface area contributed by atoms with Crippen LogP contribution in [-0.2, 0) is 9.53 Å². The number of esters is 1. The lowest BCUT2D eigenvalue weighted by molar-refractivity contribution is -0.117. The number of hydrogen-bond donors (Lipinski definition) is 2. The summed E-state index contributed by atoms with van der Waals surface area (Å²) in [5.41, 5.74) is 1.06. The van der Waals surface area contributed by atoms with Gasteiger partial charge in [0.15, 0.2) is 0 Å². The summed E-state index contributed by atoms with van der Waals surface area (Å²) in [6, 6.07) is 6.65. The van der Waals surface area contributed by atoms with Gasteiger partial charge in [0.25, 0.3) is 0 Å². The lowest BCUT2D eigenvalue weighted by atomic mass is 10.2. The van der Waals surface area contributed by atoms with E-state index in [1.54, 1.807) is 31.2 Å². The summed E-state index contributed by atoms with van der Waals surface area (Å²) in [7, 11) is 0. The molecular formula is C14H18N2O3. The Labute approximate surface area is 112 Å². The third-order valence-electron chi connectivity index (χ3n) is 3.02. The lowest BCUT2D eigenvalue weighted by Gasteiger charge is -2.11. The average molecular weight is 262 g/mol. The molecule has 1 amide bonds. The highest BCUT2D eigenvalue weighted by atomic mass is 16.5. The van der Waals surface area contributed by atoms with Crippen LogP contribution in [0.1, 0.15) is 30.1 Å². The number of amides is 1. The summed E-state index contributed by atoms with van der Waals surface area (Å²) in [5.74, 6) is -0.434. The maximum absolute atomic E-state index is 11.9. The van der Waals surface area contributed by atoms with Crippen LogP contribution in [-0.4, -0.2) is 31.1 Å². The summed E-state index contributed by atoms with van der Waals surface area (Å²) in [5, 5.41) is 5.94. The van der Waals surface area contributed by atoms with Crippen molar-refractivity contribution in [3.63, 3.8) is 0 Å². The smallest absolute Gasteiger partial charge is 0.338 e. The fraction of sp³-hybridized carbons (Fsp3) is 0.429. The zero-order valence-corrected chi connectivity index (χ0v) is 10.9. The zero-order chi connectivity index (χ0) is 13.7. The van der Waals surface area contributed by atoms with Gasteiger partial charge in [0.1, 0.15) is 0 Å². The first kappa shape index (κ1) is 13.5. The van der Waals surface area contributed by atoms with Gasteiger partial charge >= 0.3 is 5.97 Å². The van der Waals surface area contributed by atoms with Crippen LogP contribution in [0, 0.1) is 0 Å². The number of carbonyl (C=O) groups is 2. The van der Waals surface area contributed by atoms with Crippen molar-refractivity contribution in [3.8, 4) is 0 Å². The molecule has 0 aromatic heterocycles. The zero-order valence-electron chi connectivity index (χ0n) is 10.9. The molecule has 0 aliphatic carbocycles. The summed E-state index contributed by atoms with van der Waals surface area (Å²) >= 11 is 0. The van der Waals surface area contributed by atoms with Crippen molar-refractivity contribution in [3.05, 3.63) is 29.8 Å². The number of carbonyl (C=O) groups excluding carboxylic acids is 2. The Morgan fingerprint density at radius 1 is 1.47 bits per heavy atom. The minimum absolute atomic E-state index is 0.0569. The molecule has 1 aliphatic heterocycles. The van der Waals surface area contributed by atoms with Crippen LogP contribution < -0.4 is 10.6 Å². The largest absolute Gasteiger partial charge is 0.462 e. The molecule has 102 valence electrons. The van der Waals surface area contributed by atoms with E-state index >= 15 is 0 Å². The number of benzene rings is 1. The maximum atomic E-state index is 11.9. The predicted octanol–water partition coefficient (Wildman–Crippen LogP) is 1.55. The van der Waals surface area contributed by atoms with Crippen LogP contribution in [0.4, 0.5) is 5.69 Å². The molecule has 0 bridgehead atoms. The number of rotatable bonds is 4. The molecule has 1 heterocycles. The van der Waals surface area contributed by atoms with Crippen molar-refractivity contribution < 1.29 is 14.3 Å². The Morgan fingerprint density at radius 2 is 2.32 bits per heavy atom. The number of hydrogen-bond acceptors (Lipinski definition) is 4. The Hall–Kier alpha value is -1.88. The first-order valence-corrected chi connectivity index (χ1v) is 6.52. The van der Waals surface area contributed by atoms with E-state index in [1.165, 1.54) is 0 Å². The van der Waals surface area contributed by atoms with Gasteiger partial charge < -0.3 is 15.4 Å². The van der Waals surface area contributed by atoms with E-state index < -0.39 is 0 Å². The quantitative estimate of drug-likeness (QED) is 0.808. The van der Waals surface area contributed by atoms with Crippen molar-refractivity contribution in [1.29, 1.82) is 0 Å². The van der Waals surface area contributed by atoms with Crippen molar-refractivity contribution in [2.45, 2.75) is 25.8 Å². The predicted molar refractivity (Wildman–Crippen MR) is 72.1 cm³/mol. The Kier molecular flexibility index (Phi) is 4.52. The third-order valence-corrected chi connectivity index (χ3v) is 3.02. The van der Waals surface area contributed by atoms with Crippen LogP contribution in [0.3, 0.4) is 0 Å². The van der Waals surface area contributed by atoms with Crippen LogP contribution in [0.5, 0.6) is 0 Å². The molecule has 1 aromatic carbocycles. The van der Waals surface area contributed by atoms with Crippen LogP contribution >= 0.6 is 0 Å². The normalized spacial score (nSPS) is 18.1. The van der Waals surface area contributed by atoms with Gasteiger partial charge in [-0.3, -0.25) is 4.79 Å². The molecule has 1 aliphatic rings. The van der Waals surface area contributed by atoms with Gasteiger partial charge in [0.05, 0.1) is 18.2 Å². The van der Waals surface area contributed by atoms with Crippen molar-refractivity contribution >= 4 is 17.6 Å². The number of ether oxygens (including phenoxy) is 1. The van der Waals surface area contributed by atoms with Gasteiger partial charge in [-0.2, -0.15) is 0 Å². The molecule has 1 fully saturated rings. The molecular weight excluding hydrogens is 244 g/mol. The minimum Gasteiger partial charge on any atom is -0.462 e. The maximum Gasteiger partial charge on any atom is 0.338 e. The van der Waals surface area contributed by atoms with Gasteiger partial charge in [-0.15, -0.1) is 0 Å². The number of nitrogens with one attached hydrogen (secondary N) is 2. The Balaban J connectivity index is 2.02. The fourth-order valence-corrected chi connectivity index (χ4v) is 2.08. The molecule has 5 nitrogen and oxygen atoms in total. The van der Waals surface area contributed by atoms with Crippen LogP contribution in [0.15, 0.2) is 24.3 Å². The molecule has 1 saturated heterocycles. The van der Waals surface area contributed by atoms with E-state index in [-0.39, 0.29) is 17.9 Å². The monoisotopic (exact) mass is 262 g/mol. The fourth-order valence-electron chi connectivity index (χ4n) is 2.08. The molecule has 5 heteroatoms. The van der Waals surface area contributed by atoms with Gasteiger partial charge in [-0.1, -0.05) is 6.07 Å². The highest BCUT2D eigenvalue weighted by Gasteiger charge is 2.22. The Bertz CT molecular complexity index is 468. The van der Waals surface area contributed by atoms with Gasteiger partial charge in [0, 0.05) is 5.69 Å². The number of anilines is 1. The standard InChI is InChI=1S/C14H18N2O3/c1-2-19-14(18)10-5-3-6-11(9-10)16-13(17)12-7-4-8-15-12/h3,5-6,9,12,15H,2,4,7-8H2,1H3,(H,16,17)/t12-/m0/s1. The molecule has 0 saturated carbocycles. The van der Waals surface area contributed by atoms with E-state index in [4.69, 9.17) is 4.74 Å². The molecule has 1 aromatic rings. The summed E-state index contributed by atoms with van der Waals surface area (Å²) in [6.45, 7) is 2.97.